The summed E-state index contributed by atoms with van der Waals surface area (Å²) in [7, 11) is 0. The van der Waals surface area contributed by atoms with E-state index in [0.29, 0.717) is 46.4 Å². The van der Waals surface area contributed by atoms with Crippen molar-refractivity contribution in [3.05, 3.63) is 60.6 Å². The average Bonchev–Trinajstić information content (AvgIpc) is 3.38. The van der Waals surface area contributed by atoms with Crippen LogP contribution in [0.15, 0.2) is 49.2 Å². The molecule has 1 saturated heterocycles. The Bertz CT molecular complexity index is 1660. The number of pyridine rings is 2. The Kier molecular flexibility index (Phi) is 4.99. The maximum Gasteiger partial charge on any atom is 0.172 e. The fraction of sp³-hybridized carbons (Fsp3) is 0.240. The third kappa shape index (κ3) is 3.82. The van der Waals surface area contributed by atoms with Crippen molar-refractivity contribution in [2.75, 3.05) is 36.5 Å². The number of nitrogens with zero attached hydrogens (tertiary/aromatic N) is 7. The van der Waals surface area contributed by atoms with Crippen molar-refractivity contribution in [1.29, 1.82) is 0 Å². The standard InChI is InChI=1S/C25H22FN9O2/c1-14-6-18(17(26)8-20(14)37-16-2-4-35-22(7-16)29-13-31-35)32-24-23-19(28-12-30-24)9-21-25(33-23)34-5-3-27-10-15(34)11-36-21/h2,4,6-9,12-13,15,27H,3,5,10-11H2,1H3,(H,28,30,32)/t15-/m0/s1. The smallest absolute Gasteiger partial charge is 0.172 e. The zero-order valence-electron chi connectivity index (χ0n) is 19.8. The summed E-state index contributed by atoms with van der Waals surface area (Å²) in [5.74, 6) is 2.31. The highest BCUT2D eigenvalue weighted by Crippen LogP contribution is 2.37. The Balaban J connectivity index is 1.21. The Morgan fingerprint density at radius 3 is 3.05 bits per heavy atom. The molecule has 7 rings (SSSR count). The van der Waals surface area contributed by atoms with Crippen molar-refractivity contribution in [2.45, 2.75) is 13.0 Å². The maximum absolute atomic E-state index is 15.2. The van der Waals surface area contributed by atoms with Crippen LogP contribution in [-0.4, -0.2) is 61.8 Å². The van der Waals surface area contributed by atoms with Crippen LogP contribution in [-0.2, 0) is 0 Å². The van der Waals surface area contributed by atoms with Gasteiger partial charge >= 0.3 is 0 Å². The largest absolute Gasteiger partial charge is 0.487 e. The zero-order valence-corrected chi connectivity index (χ0v) is 19.8. The molecule has 0 unspecified atom stereocenters. The van der Waals surface area contributed by atoms with E-state index in [1.807, 2.05) is 13.0 Å². The van der Waals surface area contributed by atoms with Crippen molar-refractivity contribution in [2.24, 2.45) is 0 Å². The minimum absolute atomic E-state index is 0.213. The monoisotopic (exact) mass is 499 g/mol. The molecule has 37 heavy (non-hydrogen) atoms. The van der Waals surface area contributed by atoms with Gasteiger partial charge < -0.3 is 25.0 Å². The fourth-order valence-corrected chi connectivity index (χ4v) is 4.72. The summed E-state index contributed by atoms with van der Waals surface area (Å²) in [6.07, 6.45) is 4.62. The molecular weight excluding hydrogens is 477 g/mol. The first kappa shape index (κ1) is 21.7. The van der Waals surface area contributed by atoms with Crippen LogP contribution in [0.5, 0.6) is 17.2 Å². The van der Waals surface area contributed by atoms with E-state index >= 15 is 4.39 Å². The number of aryl methyl sites for hydroxylation is 1. The molecule has 2 aliphatic heterocycles. The number of ether oxygens (including phenoxy) is 2. The Morgan fingerprint density at radius 2 is 2.11 bits per heavy atom. The van der Waals surface area contributed by atoms with Crippen LogP contribution in [0.2, 0.25) is 0 Å². The first-order chi connectivity index (χ1) is 18.1. The van der Waals surface area contributed by atoms with Crippen LogP contribution in [0, 0.1) is 12.7 Å². The molecule has 2 N–H and O–H groups in total. The molecule has 1 aromatic carbocycles. The lowest BCUT2D eigenvalue weighted by Gasteiger charge is -2.40. The number of piperazine rings is 1. The second-order valence-electron chi connectivity index (χ2n) is 9.01. The summed E-state index contributed by atoms with van der Waals surface area (Å²) in [5, 5.41) is 10.6. The maximum atomic E-state index is 15.2. The number of benzene rings is 1. The van der Waals surface area contributed by atoms with Gasteiger partial charge in [-0.15, -0.1) is 0 Å². The molecule has 11 nitrogen and oxygen atoms in total. The van der Waals surface area contributed by atoms with Crippen LogP contribution >= 0.6 is 0 Å². The van der Waals surface area contributed by atoms with Crippen LogP contribution in [0.1, 0.15) is 5.56 Å². The third-order valence-corrected chi connectivity index (χ3v) is 6.61. The first-order valence-electron chi connectivity index (χ1n) is 11.9. The molecule has 6 heterocycles. The van der Waals surface area contributed by atoms with Gasteiger partial charge in [0.25, 0.3) is 0 Å². The molecule has 0 saturated carbocycles. The quantitative estimate of drug-likeness (QED) is 0.382. The first-order valence-corrected chi connectivity index (χ1v) is 11.9. The number of aromatic nitrogens is 6. The van der Waals surface area contributed by atoms with Crippen LogP contribution in [0.25, 0.3) is 16.7 Å². The van der Waals surface area contributed by atoms with Gasteiger partial charge in [-0.05, 0) is 24.6 Å². The number of nitrogens with one attached hydrogen (secondary N) is 2. The lowest BCUT2D eigenvalue weighted by atomic mass is 10.1. The highest BCUT2D eigenvalue weighted by Gasteiger charge is 2.31. The summed E-state index contributed by atoms with van der Waals surface area (Å²) in [6, 6.07) is 8.60. The van der Waals surface area contributed by atoms with Gasteiger partial charge in [0, 0.05) is 44.0 Å². The van der Waals surface area contributed by atoms with E-state index in [-0.39, 0.29) is 11.7 Å². The number of hydrogen-bond donors (Lipinski definition) is 2. The number of fused-ring (bicyclic) bond motifs is 5. The summed E-state index contributed by atoms with van der Waals surface area (Å²) in [5.41, 5.74) is 2.80. The summed E-state index contributed by atoms with van der Waals surface area (Å²) in [6.45, 7) is 4.98. The van der Waals surface area contributed by atoms with Crippen molar-refractivity contribution >= 4 is 34.0 Å². The second-order valence-corrected chi connectivity index (χ2v) is 9.01. The van der Waals surface area contributed by atoms with Gasteiger partial charge in [0.1, 0.15) is 42.1 Å². The Labute approximate surface area is 210 Å². The van der Waals surface area contributed by atoms with Gasteiger partial charge in [-0.25, -0.2) is 28.8 Å². The second kappa shape index (κ2) is 8.52. The highest BCUT2D eigenvalue weighted by atomic mass is 19.1. The van der Waals surface area contributed by atoms with E-state index in [4.69, 9.17) is 14.5 Å². The van der Waals surface area contributed by atoms with E-state index in [0.717, 1.165) is 31.0 Å². The van der Waals surface area contributed by atoms with Crippen molar-refractivity contribution in [3.63, 3.8) is 0 Å². The predicted octanol–water partition coefficient (Wildman–Crippen LogP) is 3.22. The normalized spacial score (nSPS) is 16.8. The van der Waals surface area contributed by atoms with Crippen LogP contribution < -0.4 is 25.0 Å². The van der Waals surface area contributed by atoms with Crippen LogP contribution in [0.4, 0.5) is 21.7 Å². The van der Waals surface area contributed by atoms with E-state index in [1.54, 1.807) is 28.9 Å². The predicted molar refractivity (Wildman–Crippen MR) is 134 cm³/mol. The van der Waals surface area contributed by atoms with Gasteiger partial charge in [0.2, 0.25) is 0 Å². The van der Waals surface area contributed by atoms with Crippen molar-refractivity contribution in [3.8, 4) is 17.2 Å². The molecule has 0 amide bonds. The number of anilines is 3. The minimum Gasteiger partial charge on any atom is -0.487 e. The van der Waals surface area contributed by atoms with Crippen molar-refractivity contribution in [1.82, 2.24) is 34.9 Å². The van der Waals surface area contributed by atoms with E-state index in [9.17, 15) is 0 Å². The molecule has 186 valence electrons. The molecule has 0 bridgehead atoms. The lowest BCUT2D eigenvalue weighted by molar-refractivity contribution is 0.245. The number of hydrogen-bond acceptors (Lipinski definition) is 10. The Hall–Kier alpha value is -4.58. The number of halogens is 1. The molecule has 1 fully saturated rings. The van der Waals surface area contributed by atoms with Gasteiger partial charge in [-0.1, -0.05) is 0 Å². The number of rotatable bonds is 4. The zero-order chi connectivity index (χ0) is 24.9. The summed E-state index contributed by atoms with van der Waals surface area (Å²) < 4.78 is 28.8. The molecular formula is C25H22FN9O2. The molecule has 1 atom stereocenters. The minimum atomic E-state index is -0.487. The average molecular weight is 500 g/mol. The molecule has 0 aliphatic carbocycles. The molecule has 2 aliphatic rings. The summed E-state index contributed by atoms with van der Waals surface area (Å²) in [4.78, 5) is 20.0. The van der Waals surface area contributed by atoms with Gasteiger partial charge in [-0.3, -0.25) is 0 Å². The van der Waals surface area contributed by atoms with Crippen LogP contribution in [0.3, 0.4) is 0 Å². The highest BCUT2D eigenvalue weighted by molar-refractivity contribution is 5.90. The van der Waals surface area contributed by atoms with E-state index in [2.05, 4.69) is 35.6 Å². The van der Waals surface area contributed by atoms with Gasteiger partial charge in [-0.2, -0.15) is 5.10 Å². The SMILES string of the molecule is Cc1cc(Nc2ncnc3cc4c(nc23)N2CCNC[C@H]2CO4)c(F)cc1Oc1ccn2ncnc2c1. The van der Waals surface area contributed by atoms with Gasteiger partial charge in [0.05, 0.1) is 17.2 Å². The van der Waals surface area contributed by atoms with Crippen molar-refractivity contribution < 1.29 is 13.9 Å². The molecule has 4 aromatic heterocycles. The topological polar surface area (TPSA) is 115 Å². The van der Waals surface area contributed by atoms with E-state index < -0.39 is 5.82 Å². The summed E-state index contributed by atoms with van der Waals surface area (Å²) >= 11 is 0. The van der Waals surface area contributed by atoms with Gasteiger partial charge in [0.15, 0.2) is 23.0 Å². The fourth-order valence-electron chi connectivity index (χ4n) is 4.72. The molecule has 0 radical (unpaired) electrons. The molecule has 12 heteroatoms. The molecule has 0 spiro atoms. The lowest BCUT2D eigenvalue weighted by Crippen LogP contribution is -2.56. The Morgan fingerprint density at radius 1 is 1.16 bits per heavy atom. The molecule has 5 aromatic rings. The third-order valence-electron chi connectivity index (χ3n) is 6.61. The van der Waals surface area contributed by atoms with E-state index in [1.165, 1.54) is 18.7 Å².